The number of imidazole rings is 1. The maximum atomic E-state index is 4.82. The Hall–Kier alpha value is -6.26. The van der Waals surface area contributed by atoms with Crippen molar-refractivity contribution in [3.63, 3.8) is 0 Å². The monoisotopic (exact) mass is 642 g/mol. The van der Waals surface area contributed by atoms with E-state index in [1.54, 1.807) is 0 Å². The van der Waals surface area contributed by atoms with Gasteiger partial charge < -0.3 is 4.57 Å². The van der Waals surface area contributed by atoms with Gasteiger partial charge in [0.25, 0.3) is 0 Å². The van der Waals surface area contributed by atoms with E-state index in [0.29, 0.717) is 0 Å². The molecular weight excluding hydrogens is 609 g/mol. The molecule has 0 N–H and O–H groups in total. The molecular formula is C46H34N4. The molecule has 0 spiro atoms. The van der Waals surface area contributed by atoms with Crippen LogP contribution in [0.5, 0.6) is 0 Å². The fourth-order valence-electron chi connectivity index (χ4n) is 8.06. The minimum Gasteiger partial charge on any atom is -0.309 e. The Labute approximate surface area is 291 Å². The molecule has 3 aromatic heterocycles. The number of rotatable bonds is 4. The molecule has 1 aliphatic carbocycles. The van der Waals surface area contributed by atoms with Crippen LogP contribution >= 0.6 is 0 Å². The molecule has 50 heavy (non-hydrogen) atoms. The standard InChI is InChI=1S/C46H34N4/c1-29-22-23-49-28-42(48-45(49)47-29)34-13-9-12-31(24-34)33-16-19-36-37-20-18-35(27-41(37)46(2,3)40(36)26-33)50-43-15-8-7-14-38(43)39-25-32(17-21-44(39)50)30-10-5-4-6-11-30/h4-28H,1-3H3. The van der Waals surface area contributed by atoms with Crippen LogP contribution in [0.2, 0.25) is 0 Å². The molecule has 0 saturated carbocycles. The van der Waals surface area contributed by atoms with E-state index in [9.17, 15) is 0 Å². The predicted molar refractivity (Wildman–Crippen MR) is 206 cm³/mol. The number of aromatic nitrogens is 4. The summed E-state index contributed by atoms with van der Waals surface area (Å²) >= 11 is 0. The third-order valence-corrected chi connectivity index (χ3v) is 10.7. The molecule has 10 rings (SSSR count). The Morgan fingerprint density at radius 2 is 1.20 bits per heavy atom. The van der Waals surface area contributed by atoms with Gasteiger partial charge >= 0.3 is 0 Å². The van der Waals surface area contributed by atoms with Gasteiger partial charge in [-0.15, -0.1) is 0 Å². The normalized spacial score (nSPS) is 13.3. The second-order valence-electron chi connectivity index (χ2n) is 14.0. The molecule has 0 atom stereocenters. The predicted octanol–water partition coefficient (Wildman–Crippen LogP) is 11.4. The summed E-state index contributed by atoms with van der Waals surface area (Å²) in [5, 5.41) is 2.54. The molecule has 0 aliphatic heterocycles. The number of para-hydroxylation sites is 1. The number of benzene rings is 6. The van der Waals surface area contributed by atoms with Crippen molar-refractivity contribution in [1.82, 2.24) is 18.9 Å². The highest BCUT2D eigenvalue weighted by atomic mass is 15.1. The Morgan fingerprint density at radius 1 is 0.520 bits per heavy atom. The highest BCUT2D eigenvalue weighted by Gasteiger charge is 2.36. The van der Waals surface area contributed by atoms with Gasteiger partial charge in [-0.2, -0.15) is 0 Å². The Bertz CT molecular complexity index is 2800. The summed E-state index contributed by atoms with van der Waals surface area (Å²) in [6.45, 7) is 6.73. The van der Waals surface area contributed by atoms with Gasteiger partial charge in [-0.1, -0.05) is 105 Å². The van der Waals surface area contributed by atoms with Crippen LogP contribution in [0.3, 0.4) is 0 Å². The maximum absolute atomic E-state index is 4.82. The lowest BCUT2D eigenvalue weighted by atomic mass is 9.81. The maximum Gasteiger partial charge on any atom is 0.234 e. The largest absolute Gasteiger partial charge is 0.309 e. The molecule has 0 fully saturated rings. The zero-order chi connectivity index (χ0) is 33.6. The van der Waals surface area contributed by atoms with Gasteiger partial charge in [0.15, 0.2) is 0 Å². The van der Waals surface area contributed by atoms with E-state index >= 15 is 0 Å². The number of nitrogens with zero attached hydrogens (tertiary/aromatic N) is 4. The van der Waals surface area contributed by atoms with Crippen molar-refractivity contribution in [3.8, 4) is 50.3 Å². The lowest BCUT2D eigenvalue weighted by Gasteiger charge is -2.23. The quantitative estimate of drug-likeness (QED) is 0.191. The molecule has 3 heterocycles. The number of fused-ring (bicyclic) bond motifs is 7. The smallest absolute Gasteiger partial charge is 0.234 e. The summed E-state index contributed by atoms with van der Waals surface area (Å²) in [5.74, 6) is 0.722. The van der Waals surface area contributed by atoms with Crippen molar-refractivity contribution in [2.24, 2.45) is 0 Å². The van der Waals surface area contributed by atoms with Gasteiger partial charge in [0, 0.05) is 45.5 Å². The fraction of sp³-hybridized carbons (Fsp3) is 0.0870. The third kappa shape index (κ3) is 4.31. The molecule has 0 unspecified atom stereocenters. The van der Waals surface area contributed by atoms with Gasteiger partial charge in [-0.3, -0.25) is 4.40 Å². The molecule has 0 radical (unpaired) electrons. The second-order valence-corrected chi connectivity index (χ2v) is 14.0. The first-order valence-electron chi connectivity index (χ1n) is 17.2. The highest BCUT2D eigenvalue weighted by Crippen LogP contribution is 2.50. The van der Waals surface area contributed by atoms with Crippen molar-refractivity contribution < 1.29 is 0 Å². The van der Waals surface area contributed by atoms with Gasteiger partial charge in [0.1, 0.15) is 0 Å². The molecule has 238 valence electrons. The van der Waals surface area contributed by atoms with Crippen LogP contribution in [-0.4, -0.2) is 18.9 Å². The first kappa shape index (κ1) is 28.7. The third-order valence-electron chi connectivity index (χ3n) is 10.7. The second kappa shape index (κ2) is 10.6. The molecule has 6 aromatic carbocycles. The van der Waals surface area contributed by atoms with Crippen LogP contribution in [0, 0.1) is 6.92 Å². The molecule has 9 aromatic rings. The van der Waals surface area contributed by atoms with Crippen molar-refractivity contribution in [3.05, 3.63) is 169 Å². The summed E-state index contributed by atoms with van der Waals surface area (Å²) in [6, 6.07) is 51.1. The number of hydrogen-bond acceptors (Lipinski definition) is 2. The van der Waals surface area contributed by atoms with Gasteiger partial charge in [0.05, 0.1) is 16.7 Å². The van der Waals surface area contributed by atoms with E-state index in [1.165, 1.54) is 72.0 Å². The van der Waals surface area contributed by atoms with Crippen molar-refractivity contribution in [2.75, 3.05) is 0 Å². The topological polar surface area (TPSA) is 35.1 Å². The Kier molecular flexibility index (Phi) is 6.10. The Morgan fingerprint density at radius 3 is 2.08 bits per heavy atom. The first-order chi connectivity index (χ1) is 24.4. The lowest BCUT2D eigenvalue weighted by Crippen LogP contribution is -2.15. The van der Waals surface area contributed by atoms with Crippen LogP contribution in [0.15, 0.2) is 152 Å². The highest BCUT2D eigenvalue weighted by molar-refractivity contribution is 6.10. The van der Waals surface area contributed by atoms with Crippen LogP contribution in [-0.2, 0) is 5.41 Å². The zero-order valence-electron chi connectivity index (χ0n) is 28.2. The van der Waals surface area contributed by atoms with Gasteiger partial charge in [-0.05, 0) is 100.0 Å². The average Bonchev–Trinajstić information content (AvgIpc) is 3.80. The van der Waals surface area contributed by atoms with Crippen molar-refractivity contribution in [1.29, 1.82) is 0 Å². The minimum atomic E-state index is -0.168. The number of hydrogen-bond donors (Lipinski definition) is 0. The Balaban J connectivity index is 1.05. The van der Waals surface area contributed by atoms with Gasteiger partial charge in [-0.25, -0.2) is 9.97 Å². The van der Waals surface area contributed by atoms with Crippen LogP contribution < -0.4 is 0 Å². The summed E-state index contributed by atoms with van der Waals surface area (Å²) < 4.78 is 4.42. The van der Waals surface area contributed by atoms with E-state index < -0.39 is 0 Å². The summed E-state index contributed by atoms with van der Waals surface area (Å²) in [5.41, 5.74) is 16.6. The van der Waals surface area contributed by atoms with Crippen molar-refractivity contribution >= 4 is 27.6 Å². The SMILES string of the molecule is Cc1ccn2cc(-c3cccc(-c4ccc5c(c4)C(C)(C)c4cc(-n6c7ccccc7c7cc(-c8ccccc8)ccc76)ccc4-5)c3)nc2n1. The van der Waals surface area contributed by atoms with Crippen molar-refractivity contribution in [2.45, 2.75) is 26.2 Å². The summed E-state index contributed by atoms with van der Waals surface area (Å²) in [4.78, 5) is 9.42. The molecule has 0 amide bonds. The first-order valence-corrected chi connectivity index (χ1v) is 17.2. The lowest BCUT2D eigenvalue weighted by molar-refractivity contribution is 0.660. The average molecular weight is 643 g/mol. The molecule has 4 nitrogen and oxygen atoms in total. The van der Waals surface area contributed by atoms with E-state index in [4.69, 9.17) is 4.98 Å². The van der Waals surface area contributed by atoms with E-state index in [-0.39, 0.29) is 5.41 Å². The number of aryl methyl sites for hydroxylation is 1. The molecule has 0 saturated heterocycles. The van der Waals surface area contributed by atoms with E-state index in [2.05, 4.69) is 163 Å². The van der Waals surface area contributed by atoms with Crippen LogP contribution in [0.25, 0.3) is 77.9 Å². The van der Waals surface area contributed by atoms with Gasteiger partial charge in [0.2, 0.25) is 5.78 Å². The van der Waals surface area contributed by atoms with Crippen LogP contribution in [0.1, 0.15) is 30.7 Å². The fourth-order valence-corrected chi connectivity index (χ4v) is 8.06. The molecule has 4 heteroatoms. The van der Waals surface area contributed by atoms with Crippen LogP contribution in [0.4, 0.5) is 0 Å². The summed E-state index contributed by atoms with van der Waals surface area (Å²) in [7, 11) is 0. The summed E-state index contributed by atoms with van der Waals surface area (Å²) in [6.07, 6.45) is 4.08. The minimum absolute atomic E-state index is 0.168. The zero-order valence-corrected chi connectivity index (χ0v) is 28.2. The van der Waals surface area contributed by atoms with E-state index in [1.807, 2.05) is 23.6 Å². The molecule has 0 bridgehead atoms. The molecule has 1 aliphatic rings. The van der Waals surface area contributed by atoms with E-state index in [0.717, 1.165) is 22.7 Å².